The molecule has 3 rings (SSSR count). The summed E-state index contributed by atoms with van der Waals surface area (Å²) < 4.78 is 13.8. The molecule has 1 aromatic carbocycles. The van der Waals surface area contributed by atoms with E-state index in [-0.39, 0.29) is 17.4 Å². The van der Waals surface area contributed by atoms with Gasteiger partial charge in [0.1, 0.15) is 16.5 Å². The molecule has 24 heavy (non-hydrogen) atoms. The van der Waals surface area contributed by atoms with Gasteiger partial charge in [0.15, 0.2) is 0 Å². The van der Waals surface area contributed by atoms with Gasteiger partial charge in [-0.2, -0.15) is 0 Å². The number of nitrogens with zero attached hydrogens (tertiary/aromatic N) is 2. The first-order chi connectivity index (χ1) is 11.7. The van der Waals surface area contributed by atoms with Crippen LogP contribution in [0.1, 0.15) is 17.4 Å². The van der Waals surface area contributed by atoms with E-state index in [0.29, 0.717) is 16.3 Å². The molecule has 0 bridgehead atoms. The van der Waals surface area contributed by atoms with Gasteiger partial charge in [0.25, 0.3) is 5.91 Å². The van der Waals surface area contributed by atoms with Gasteiger partial charge < -0.3 is 5.32 Å². The van der Waals surface area contributed by atoms with Gasteiger partial charge in [-0.15, -0.1) is 23.1 Å². The number of thiazole rings is 1. The number of halogens is 1. The Morgan fingerprint density at radius 1 is 1.29 bits per heavy atom. The first-order valence-corrected chi connectivity index (χ1v) is 9.14. The molecule has 7 heteroatoms. The maximum atomic E-state index is 13.8. The lowest BCUT2D eigenvalue weighted by atomic mass is 10.2. The molecule has 0 aliphatic heterocycles. The van der Waals surface area contributed by atoms with Gasteiger partial charge in [0.2, 0.25) is 0 Å². The highest BCUT2D eigenvalue weighted by atomic mass is 32.2. The minimum Gasteiger partial charge on any atom is -0.319 e. The zero-order valence-corrected chi connectivity index (χ0v) is 14.5. The Balaban J connectivity index is 1.73. The van der Waals surface area contributed by atoms with E-state index in [9.17, 15) is 9.18 Å². The quantitative estimate of drug-likeness (QED) is 0.671. The number of hydrogen-bond donors (Lipinski definition) is 1. The van der Waals surface area contributed by atoms with Crippen LogP contribution in [0, 0.1) is 5.82 Å². The van der Waals surface area contributed by atoms with Gasteiger partial charge in [-0.1, -0.05) is 19.1 Å². The molecule has 1 amide bonds. The molecule has 0 saturated carbocycles. The highest BCUT2D eigenvalue weighted by Gasteiger charge is 2.14. The van der Waals surface area contributed by atoms with E-state index in [4.69, 9.17) is 0 Å². The summed E-state index contributed by atoms with van der Waals surface area (Å²) in [5.41, 5.74) is 1.25. The lowest BCUT2D eigenvalue weighted by Crippen LogP contribution is -2.12. The second kappa shape index (κ2) is 7.55. The normalized spacial score (nSPS) is 10.6. The van der Waals surface area contributed by atoms with Crippen LogP contribution in [0.5, 0.6) is 0 Å². The second-order valence-electron chi connectivity index (χ2n) is 4.79. The Morgan fingerprint density at radius 2 is 2.12 bits per heavy atom. The number of thioether (sulfide) groups is 1. The van der Waals surface area contributed by atoms with Crippen LogP contribution in [0.2, 0.25) is 0 Å². The molecule has 4 nitrogen and oxygen atoms in total. The van der Waals surface area contributed by atoms with Crippen LogP contribution >= 0.6 is 23.1 Å². The van der Waals surface area contributed by atoms with E-state index in [0.717, 1.165) is 10.8 Å². The number of nitrogens with one attached hydrogen (secondary N) is 1. The fraction of sp³-hybridized carbons (Fsp3) is 0.118. The zero-order chi connectivity index (χ0) is 16.9. The number of rotatable bonds is 5. The van der Waals surface area contributed by atoms with E-state index < -0.39 is 0 Å². The van der Waals surface area contributed by atoms with Gasteiger partial charge in [-0.25, -0.2) is 14.4 Å². The molecule has 0 spiro atoms. The van der Waals surface area contributed by atoms with Crippen molar-refractivity contribution in [3.63, 3.8) is 0 Å². The predicted molar refractivity (Wildman–Crippen MR) is 96.1 cm³/mol. The first-order valence-electron chi connectivity index (χ1n) is 7.28. The SMILES string of the molecule is CCSc1ccc(NC(=O)c2csc(-c3ccccc3F)n2)cn1. The van der Waals surface area contributed by atoms with Crippen molar-refractivity contribution in [2.45, 2.75) is 11.9 Å². The number of amides is 1. The van der Waals surface area contributed by atoms with Crippen LogP contribution in [0.15, 0.2) is 53.0 Å². The lowest BCUT2D eigenvalue weighted by Gasteiger charge is -2.04. The first kappa shape index (κ1) is 16.6. The Kier molecular flexibility index (Phi) is 5.22. The average molecular weight is 359 g/mol. The van der Waals surface area contributed by atoms with E-state index in [1.165, 1.54) is 17.4 Å². The van der Waals surface area contributed by atoms with Gasteiger partial charge in [-0.3, -0.25) is 4.79 Å². The minimum absolute atomic E-state index is 0.255. The van der Waals surface area contributed by atoms with Crippen LogP contribution in [-0.2, 0) is 0 Å². The van der Waals surface area contributed by atoms with Gasteiger partial charge >= 0.3 is 0 Å². The van der Waals surface area contributed by atoms with E-state index in [2.05, 4.69) is 22.2 Å². The summed E-state index contributed by atoms with van der Waals surface area (Å²) in [6, 6.07) is 10.0. The molecular formula is C17H14FN3OS2. The number of carbonyl (C=O) groups excluding carboxylic acids is 1. The van der Waals surface area contributed by atoms with E-state index in [1.54, 1.807) is 47.6 Å². The number of pyridine rings is 1. The van der Waals surface area contributed by atoms with Crippen molar-refractivity contribution in [1.82, 2.24) is 9.97 Å². The van der Waals surface area contributed by atoms with Crippen molar-refractivity contribution >= 4 is 34.7 Å². The standard InChI is InChI=1S/C17H14FN3OS2/c1-2-23-15-8-7-11(9-19-15)20-16(22)14-10-24-17(21-14)12-5-3-4-6-13(12)18/h3-10H,2H2,1H3,(H,20,22). The third kappa shape index (κ3) is 3.80. The fourth-order valence-corrected chi connectivity index (χ4v) is 3.43. The van der Waals surface area contributed by atoms with Crippen LogP contribution in [0.3, 0.4) is 0 Å². The third-order valence-electron chi connectivity index (χ3n) is 3.13. The molecule has 0 saturated heterocycles. The Bertz CT molecular complexity index is 849. The van der Waals surface area contributed by atoms with Crippen LogP contribution in [0.25, 0.3) is 10.6 Å². The maximum Gasteiger partial charge on any atom is 0.275 e. The van der Waals surface area contributed by atoms with Crippen molar-refractivity contribution in [3.8, 4) is 10.6 Å². The number of carbonyl (C=O) groups is 1. The number of aromatic nitrogens is 2. The van der Waals surface area contributed by atoms with E-state index in [1.807, 2.05) is 6.07 Å². The molecular weight excluding hydrogens is 345 g/mol. The summed E-state index contributed by atoms with van der Waals surface area (Å²) in [6.07, 6.45) is 1.61. The Hall–Kier alpha value is -2.25. The maximum absolute atomic E-state index is 13.8. The second-order valence-corrected chi connectivity index (χ2v) is 6.93. The van der Waals surface area contributed by atoms with Gasteiger partial charge in [0.05, 0.1) is 16.9 Å². The largest absolute Gasteiger partial charge is 0.319 e. The van der Waals surface area contributed by atoms with Crippen molar-refractivity contribution < 1.29 is 9.18 Å². The molecule has 1 N–H and O–H groups in total. The summed E-state index contributed by atoms with van der Waals surface area (Å²) in [5, 5.41) is 5.75. The van der Waals surface area contributed by atoms with Gasteiger partial charge in [0, 0.05) is 10.9 Å². The Morgan fingerprint density at radius 3 is 2.83 bits per heavy atom. The van der Waals surface area contributed by atoms with Gasteiger partial charge in [-0.05, 0) is 30.0 Å². The molecule has 0 aliphatic carbocycles. The van der Waals surface area contributed by atoms with E-state index >= 15 is 0 Å². The summed E-state index contributed by atoms with van der Waals surface area (Å²) in [6.45, 7) is 2.05. The summed E-state index contributed by atoms with van der Waals surface area (Å²) in [5.74, 6) is 0.245. The summed E-state index contributed by atoms with van der Waals surface area (Å²) >= 11 is 2.87. The highest BCUT2D eigenvalue weighted by Crippen LogP contribution is 2.26. The minimum atomic E-state index is -0.355. The molecule has 2 heterocycles. The molecule has 0 unspecified atom stereocenters. The average Bonchev–Trinajstić information content (AvgIpc) is 3.07. The third-order valence-corrected chi connectivity index (χ3v) is 4.83. The Labute approximate surface area is 147 Å². The van der Waals surface area contributed by atoms with Crippen molar-refractivity contribution in [1.29, 1.82) is 0 Å². The number of hydrogen-bond acceptors (Lipinski definition) is 5. The number of anilines is 1. The smallest absolute Gasteiger partial charge is 0.275 e. The van der Waals surface area contributed by atoms with Crippen LogP contribution in [-0.4, -0.2) is 21.6 Å². The zero-order valence-electron chi connectivity index (χ0n) is 12.8. The summed E-state index contributed by atoms with van der Waals surface area (Å²) in [4.78, 5) is 20.7. The monoisotopic (exact) mass is 359 g/mol. The van der Waals surface area contributed by atoms with Crippen LogP contribution in [0.4, 0.5) is 10.1 Å². The van der Waals surface area contributed by atoms with Crippen molar-refractivity contribution in [2.24, 2.45) is 0 Å². The lowest BCUT2D eigenvalue weighted by molar-refractivity contribution is 0.102. The fourth-order valence-electron chi connectivity index (χ4n) is 2.02. The molecule has 122 valence electrons. The molecule has 3 aromatic rings. The topological polar surface area (TPSA) is 54.9 Å². The van der Waals surface area contributed by atoms with Crippen molar-refractivity contribution in [2.75, 3.05) is 11.1 Å². The molecule has 2 aromatic heterocycles. The molecule has 0 radical (unpaired) electrons. The molecule has 0 atom stereocenters. The molecule has 0 aliphatic rings. The van der Waals surface area contributed by atoms with Crippen LogP contribution < -0.4 is 5.32 Å². The molecule has 0 fully saturated rings. The highest BCUT2D eigenvalue weighted by molar-refractivity contribution is 7.99. The van der Waals surface area contributed by atoms with Crippen molar-refractivity contribution in [3.05, 3.63) is 59.5 Å². The number of benzene rings is 1. The summed E-state index contributed by atoms with van der Waals surface area (Å²) in [7, 11) is 0. The predicted octanol–water partition coefficient (Wildman–Crippen LogP) is 4.71.